The van der Waals surface area contributed by atoms with Crippen molar-refractivity contribution in [3.8, 4) is 0 Å². The Kier molecular flexibility index (Phi) is 3.67. The van der Waals surface area contributed by atoms with Crippen molar-refractivity contribution >= 4 is 29.0 Å². The molecule has 1 saturated carbocycles. The molecule has 0 unspecified atom stereocenters. The highest BCUT2D eigenvalue weighted by molar-refractivity contribution is 8.00. The van der Waals surface area contributed by atoms with Gasteiger partial charge in [0, 0.05) is 16.6 Å². The summed E-state index contributed by atoms with van der Waals surface area (Å²) in [5, 5.41) is 6.57. The van der Waals surface area contributed by atoms with Crippen molar-refractivity contribution < 1.29 is 4.79 Å². The van der Waals surface area contributed by atoms with Crippen molar-refractivity contribution in [3.63, 3.8) is 0 Å². The monoisotopic (exact) mass is 290 g/mol. The second kappa shape index (κ2) is 5.32. The van der Waals surface area contributed by atoms with E-state index in [9.17, 15) is 4.79 Å². The van der Waals surface area contributed by atoms with Crippen molar-refractivity contribution in [1.82, 2.24) is 0 Å². The molecule has 0 spiro atoms. The van der Waals surface area contributed by atoms with E-state index >= 15 is 0 Å². The van der Waals surface area contributed by atoms with E-state index in [-0.39, 0.29) is 5.91 Å². The number of fused-ring (bicyclic) bond motifs is 1. The smallest absolute Gasteiger partial charge is 0.234 e. The lowest BCUT2D eigenvalue weighted by atomic mass is 9.75. The van der Waals surface area contributed by atoms with Gasteiger partial charge in [0.25, 0.3) is 0 Å². The fourth-order valence-corrected chi connectivity index (χ4v) is 3.74. The molecule has 1 heterocycles. The van der Waals surface area contributed by atoms with E-state index in [1.165, 1.54) is 30.6 Å². The Bertz CT molecular complexity index is 517. The van der Waals surface area contributed by atoms with E-state index in [1.54, 1.807) is 11.8 Å². The molecule has 0 bridgehead atoms. The molecule has 3 nitrogen and oxygen atoms in total. The minimum absolute atomic E-state index is 0.0964. The first-order valence-corrected chi connectivity index (χ1v) is 8.34. The number of hydrogen-bond donors (Lipinski definition) is 2. The third-order valence-corrected chi connectivity index (χ3v) is 5.40. The Hall–Kier alpha value is -1.16. The van der Waals surface area contributed by atoms with Gasteiger partial charge in [0.1, 0.15) is 0 Å². The number of rotatable bonds is 2. The van der Waals surface area contributed by atoms with Gasteiger partial charge in [0.2, 0.25) is 5.91 Å². The van der Waals surface area contributed by atoms with Gasteiger partial charge in [-0.15, -0.1) is 11.8 Å². The number of carbonyl (C=O) groups is 1. The Labute approximate surface area is 124 Å². The number of amides is 1. The third kappa shape index (κ3) is 3.11. The first-order valence-electron chi connectivity index (χ1n) is 7.35. The average molecular weight is 290 g/mol. The molecule has 0 saturated heterocycles. The highest BCUT2D eigenvalue weighted by Crippen LogP contribution is 2.37. The number of hydrogen-bond acceptors (Lipinski definition) is 3. The first kappa shape index (κ1) is 13.8. The summed E-state index contributed by atoms with van der Waals surface area (Å²) >= 11 is 1.61. The van der Waals surface area contributed by atoms with Crippen LogP contribution in [0, 0.1) is 5.41 Å². The van der Waals surface area contributed by atoms with Crippen LogP contribution in [0.2, 0.25) is 0 Å². The van der Waals surface area contributed by atoms with Crippen LogP contribution < -0.4 is 10.6 Å². The fraction of sp³-hybridized carbons (Fsp3) is 0.562. The van der Waals surface area contributed by atoms with Crippen molar-refractivity contribution in [2.75, 3.05) is 16.4 Å². The summed E-state index contributed by atoms with van der Waals surface area (Å²) in [7, 11) is 0. The third-order valence-electron chi connectivity index (χ3n) is 4.32. The van der Waals surface area contributed by atoms with E-state index < -0.39 is 0 Å². The molecule has 1 aliphatic heterocycles. The van der Waals surface area contributed by atoms with Gasteiger partial charge in [0.05, 0.1) is 11.4 Å². The summed E-state index contributed by atoms with van der Waals surface area (Å²) < 4.78 is 0. The normalized spacial score (nSPS) is 22.0. The van der Waals surface area contributed by atoms with Crippen LogP contribution >= 0.6 is 11.8 Å². The molecule has 20 heavy (non-hydrogen) atoms. The van der Waals surface area contributed by atoms with Gasteiger partial charge in [-0.25, -0.2) is 0 Å². The van der Waals surface area contributed by atoms with Crippen molar-refractivity contribution in [1.29, 1.82) is 0 Å². The van der Waals surface area contributed by atoms with Crippen LogP contribution in [0.3, 0.4) is 0 Å². The van der Waals surface area contributed by atoms with E-state index in [1.807, 2.05) is 0 Å². The van der Waals surface area contributed by atoms with Crippen molar-refractivity contribution in [3.05, 3.63) is 18.2 Å². The maximum absolute atomic E-state index is 11.4. The molecular formula is C16H22N2OS. The zero-order valence-electron chi connectivity index (χ0n) is 12.2. The zero-order valence-corrected chi connectivity index (χ0v) is 13.0. The average Bonchev–Trinajstić information content (AvgIpc) is 2.41. The lowest BCUT2D eigenvalue weighted by Crippen LogP contribution is -2.30. The molecule has 108 valence electrons. The zero-order chi connectivity index (χ0) is 14.2. The van der Waals surface area contributed by atoms with Crippen molar-refractivity contribution in [2.24, 2.45) is 5.41 Å². The van der Waals surface area contributed by atoms with Gasteiger partial charge in [-0.1, -0.05) is 13.8 Å². The summed E-state index contributed by atoms with van der Waals surface area (Å²) in [5.41, 5.74) is 2.57. The summed E-state index contributed by atoms with van der Waals surface area (Å²) in [4.78, 5) is 12.6. The van der Waals surface area contributed by atoms with Crippen LogP contribution in [0.4, 0.5) is 11.4 Å². The van der Waals surface area contributed by atoms with Gasteiger partial charge in [-0.05, 0) is 49.3 Å². The molecule has 3 rings (SSSR count). The standard InChI is InChI=1S/C16H22N2OS/c1-16(2)7-5-11(6-8-16)17-12-3-4-14-13(9-12)18-15(19)10-20-14/h3-4,9,11,17H,5-8,10H2,1-2H3,(H,18,19). The summed E-state index contributed by atoms with van der Waals surface area (Å²) in [5.74, 6) is 0.622. The molecule has 0 aromatic heterocycles. The number of carbonyl (C=O) groups excluding carboxylic acids is 1. The molecule has 1 aromatic carbocycles. The minimum atomic E-state index is 0.0964. The van der Waals surface area contributed by atoms with Gasteiger partial charge < -0.3 is 10.6 Å². The predicted octanol–water partition coefficient (Wildman–Crippen LogP) is 4.11. The van der Waals surface area contributed by atoms with Gasteiger partial charge >= 0.3 is 0 Å². The van der Waals surface area contributed by atoms with Crippen LogP contribution in [0.5, 0.6) is 0 Å². The van der Waals surface area contributed by atoms with Crippen molar-refractivity contribution in [2.45, 2.75) is 50.5 Å². The number of nitrogens with one attached hydrogen (secondary N) is 2. The SMILES string of the molecule is CC1(C)CCC(Nc2ccc3c(c2)NC(=O)CS3)CC1. The summed E-state index contributed by atoms with van der Waals surface area (Å²) in [6.07, 6.45) is 5.01. The Morgan fingerprint density at radius 1 is 1.30 bits per heavy atom. The second-order valence-corrected chi connectivity index (χ2v) is 7.65. The molecule has 2 aliphatic rings. The molecule has 1 aliphatic carbocycles. The summed E-state index contributed by atoms with van der Waals surface area (Å²) in [6, 6.07) is 6.87. The molecule has 0 atom stereocenters. The molecule has 1 fully saturated rings. The minimum Gasteiger partial charge on any atom is -0.382 e. The molecule has 2 N–H and O–H groups in total. The van der Waals surface area contributed by atoms with Crippen LogP contribution in [-0.2, 0) is 4.79 Å². The van der Waals surface area contributed by atoms with E-state index in [0.717, 1.165) is 11.4 Å². The van der Waals surface area contributed by atoms with Gasteiger partial charge in [-0.2, -0.15) is 0 Å². The quantitative estimate of drug-likeness (QED) is 0.861. The molecule has 1 aromatic rings. The van der Waals surface area contributed by atoms with E-state index in [4.69, 9.17) is 0 Å². The summed E-state index contributed by atoms with van der Waals surface area (Å²) in [6.45, 7) is 4.71. The number of thioether (sulfide) groups is 1. The van der Waals surface area contributed by atoms with Crippen LogP contribution in [0.25, 0.3) is 0 Å². The van der Waals surface area contributed by atoms with E-state index in [2.05, 4.69) is 42.7 Å². The van der Waals surface area contributed by atoms with Crippen LogP contribution in [0.15, 0.2) is 23.1 Å². The van der Waals surface area contributed by atoms with Crippen LogP contribution in [0.1, 0.15) is 39.5 Å². The van der Waals surface area contributed by atoms with Gasteiger partial charge in [0.15, 0.2) is 0 Å². The van der Waals surface area contributed by atoms with E-state index in [0.29, 0.717) is 17.2 Å². The van der Waals surface area contributed by atoms with Gasteiger partial charge in [-0.3, -0.25) is 4.79 Å². The Morgan fingerprint density at radius 2 is 2.05 bits per heavy atom. The maximum atomic E-state index is 11.4. The first-order chi connectivity index (χ1) is 9.52. The maximum Gasteiger partial charge on any atom is 0.234 e. The number of anilines is 2. The lowest BCUT2D eigenvalue weighted by Gasteiger charge is -2.35. The highest BCUT2D eigenvalue weighted by atomic mass is 32.2. The lowest BCUT2D eigenvalue weighted by molar-refractivity contribution is -0.113. The molecule has 1 amide bonds. The van der Waals surface area contributed by atoms with Crippen LogP contribution in [-0.4, -0.2) is 17.7 Å². The molecule has 4 heteroatoms. The molecular weight excluding hydrogens is 268 g/mol. The fourth-order valence-electron chi connectivity index (χ4n) is 2.95. The topological polar surface area (TPSA) is 41.1 Å². The molecule has 0 radical (unpaired) electrons. The predicted molar refractivity (Wildman–Crippen MR) is 85.5 cm³/mol. The highest BCUT2D eigenvalue weighted by Gasteiger charge is 2.26. The largest absolute Gasteiger partial charge is 0.382 e. The Morgan fingerprint density at radius 3 is 2.80 bits per heavy atom. The Balaban J connectivity index is 1.67. The second-order valence-electron chi connectivity index (χ2n) is 6.63. The number of benzene rings is 1.